The number of hydrogen-bond acceptors (Lipinski definition) is 4. The summed E-state index contributed by atoms with van der Waals surface area (Å²) in [6.07, 6.45) is 5.32. The van der Waals surface area contributed by atoms with Crippen LogP contribution in [0, 0.1) is 10.1 Å². The SMILES string of the molecule is O=C(NCCc1ccccc1)c1ccc(-n2ccnc2)c([N+](=O)[O-])c1. The zero-order chi connectivity index (χ0) is 17.6. The van der Waals surface area contributed by atoms with E-state index in [1.807, 2.05) is 30.3 Å². The van der Waals surface area contributed by atoms with E-state index in [0.717, 1.165) is 5.56 Å². The molecule has 25 heavy (non-hydrogen) atoms. The number of nitro groups is 1. The van der Waals surface area contributed by atoms with Crippen LogP contribution in [0.5, 0.6) is 0 Å². The first-order valence-electron chi connectivity index (χ1n) is 7.74. The Balaban J connectivity index is 1.72. The molecule has 0 radical (unpaired) electrons. The summed E-state index contributed by atoms with van der Waals surface area (Å²) in [5, 5.41) is 14.1. The van der Waals surface area contributed by atoms with E-state index < -0.39 is 4.92 Å². The lowest BCUT2D eigenvalue weighted by Crippen LogP contribution is -2.25. The molecule has 0 aliphatic rings. The van der Waals surface area contributed by atoms with Crippen LogP contribution in [0.4, 0.5) is 5.69 Å². The van der Waals surface area contributed by atoms with Crippen molar-refractivity contribution in [3.63, 3.8) is 0 Å². The van der Waals surface area contributed by atoms with E-state index >= 15 is 0 Å². The van der Waals surface area contributed by atoms with Crippen LogP contribution in [-0.4, -0.2) is 26.9 Å². The first kappa shape index (κ1) is 16.4. The normalized spacial score (nSPS) is 10.4. The molecule has 0 aliphatic carbocycles. The average molecular weight is 336 g/mol. The van der Waals surface area contributed by atoms with Gasteiger partial charge in [-0.05, 0) is 24.1 Å². The number of benzene rings is 2. The van der Waals surface area contributed by atoms with Crippen molar-refractivity contribution in [2.45, 2.75) is 6.42 Å². The maximum absolute atomic E-state index is 12.3. The van der Waals surface area contributed by atoms with Crippen molar-refractivity contribution in [1.29, 1.82) is 0 Å². The number of amides is 1. The van der Waals surface area contributed by atoms with E-state index in [1.165, 1.54) is 23.2 Å². The number of rotatable bonds is 6. The first-order valence-corrected chi connectivity index (χ1v) is 7.74. The largest absolute Gasteiger partial charge is 0.352 e. The van der Waals surface area contributed by atoms with Crippen molar-refractivity contribution >= 4 is 11.6 Å². The molecule has 0 saturated carbocycles. The minimum Gasteiger partial charge on any atom is -0.352 e. The molecule has 7 heteroatoms. The lowest BCUT2D eigenvalue weighted by atomic mass is 10.1. The Morgan fingerprint density at radius 1 is 1.20 bits per heavy atom. The van der Waals surface area contributed by atoms with Crippen LogP contribution in [0.15, 0.2) is 67.3 Å². The Labute approximate surface area is 144 Å². The van der Waals surface area contributed by atoms with Gasteiger partial charge in [0.15, 0.2) is 0 Å². The predicted molar refractivity (Wildman–Crippen MR) is 92.7 cm³/mol. The molecule has 0 bridgehead atoms. The summed E-state index contributed by atoms with van der Waals surface area (Å²) < 4.78 is 1.54. The van der Waals surface area contributed by atoms with Crippen LogP contribution in [0.25, 0.3) is 5.69 Å². The van der Waals surface area contributed by atoms with Crippen LogP contribution in [-0.2, 0) is 6.42 Å². The zero-order valence-corrected chi connectivity index (χ0v) is 13.3. The molecule has 0 aliphatic heterocycles. The standard InChI is InChI=1S/C18H16N4O3/c23-18(20-9-8-14-4-2-1-3-5-14)15-6-7-16(17(12-15)22(24)25)21-11-10-19-13-21/h1-7,10-13H,8-9H2,(H,20,23). The van der Waals surface area contributed by atoms with Crippen molar-refractivity contribution in [2.24, 2.45) is 0 Å². The Bertz CT molecular complexity index is 877. The minimum absolute atomic E-state index is 0.145. The molecule has 1 amide bonds. The van der Waals surface area contributed by atoms with Gasteiger partial charge in [0.2, 0.25) is 0 Å². The van der Waals surface area contributed by atoms with Crippen LogP contribution in [0.3, 0.4) is 0 Å². The molecule has 126 valence electrons. The Morgan fingerprint density at radius 2 is 2.00 bits per heavy atom. The minimum atomic E-state index is -0.504. The quantitative estimate of drug-likeness (QED) is 0.553. The molecule has 1 aromatic heterocycles. The monoisotopic (exact) mass is 336 g/mol. The number of nitrogens with one attached hydrogen (secondary N) is 1. The van der Waals surface area contributed by atoms with Gasteiger partial charge in [0.05, 0.1) is 11.3 Å². The molecular formula is C18H16N4O3. The van der Waals surface area contributed by atoms with E-state index in [0.29, 0.717) is 18.7 Å². The number of hydrogen-bond donors (Lipinski definition) is 1. The fraction of sp³-hybridized carbons (Fsp3) is 0.111. The van der Waals surface area contributed by atoms with Crippen LogP contribution in [0.1, 0.15) is 15.9 Å². The topological polar surface area (TPSA) is 90.1 Å². The predicted octanol–water partition coefficient (Wildman–Crippen LogP) is 2.75. The Kier molecular flexibility index (Phi) is 4.84. The molecule has 1 N–H and O–H groups in total. The summed E-state index contributed by atoms with van der Waals surface area (Å²) in [7, 11) is 0. The first-order chi connectivity index (χ1) is 12.1. The molecule has 0 spiro atoms. The van der Waals surface area contributed by atoms with E-state index in [-0.39, 0.29) is 17.2 Å². The van der Waals surface area contributed by atoms with Crippen LogP contribution >= 0.6 is 0 Å². The number of carbonyl (C=O) groups excluding carboxylic acids is 1. The van der Waals surface area contributed by atoms with Crippen molar-refractivity contribution in [2.75, 3.05) is 6.54 Å². The highest BCUT2D eigenvalue weighted by molar-refractivity contribution is 5.95. The fourth-order valence-corrected chi connectivity index (χ4v) is 2.50. The van der Waals surface area contributed by atoms with Crippen molar-refractivity contribution < 1.29 is 9.72 Å². The zero-order valence-electron chi connectivity index (χ0n) is 13.3. The molecule has 0 unspecified atom stereocenters. The summed E-state index contributed by atoms with van der Waals surface area (Å²) in [5.74, 6) is -0.337. The molecular weight excluding hydrogens is 320 g/mol. The van der Waals surface area contributed by atoms with Gasteiger partial charge in [-0.15, -0.1) is 0 Å². The second-order valence-electron chi connectivity index (χ2n) is 5.42. The van der Waals surface area contributed by atoms with Gasteiger partial charge in [0.1, 0.15) is 5.69 Å². The van der Waals surface area contributed by atoms with Crippen molar-refractivity contribution in [3.05, 3.63) is 88.5 Å². The second-order valence-corrected chi connectivity index (χ2v) is 5.42. The number of nitrogens with zero attached hydrogens (tertiary/aromatic N) is 3. The third-order valence-electron chi connectivity index (χ3n) is 3.76. The average Bonchev–Trinajstić information content (AvgIpc) is 3.16. The molecule has 3 aromatic rings. The number of imidazole rings is 1. The van der Waals surface area contributed by atoms with E-state index in [1.54, 1.807) is 18.3 Å². The number of nitro benzene ring substituents is 1. The summed E-state index contributed by atoms with van der Waals surface area (Å²) >= 11 is 0. The van der Waals surface area contributed by atoms with E-state index in [4.69, 9.17) is 0 Å². The highest BCUT2D eigenvalue weighted by atomic mass is 16.6. The second kappa shape index (κ2) is 7.39. The van der Waals surface area contributed by atoms with E-state index in [2.05, 4.69) is 10.3 Å². The highest BCUT2D eigenvalue weighted by Gasteiger charge is 2.18. The molecule has 7 nitrogen and oxygen atoms in total. The third-order valence-corrected chi connectivity index (χ3v) is 3.76. The van der Waals surface area contributed by atoms with Crippen LogP contribution < -0.4 is 5.32 Å². The van der Waals surface area contributed by atoms with Crippen LogP contribution in [0.2, 0.25) is 0 Å². The smallest absolute Gasteiger partial charge is 0.294 e. The molecule has 0 saturated heterocycles. The highest BCUT2D eigenvalue weighted by Crippen LogP contribution is 2.24. The summed E-state index contributed by atoms with van der Waals surface area (Å²) in [4.78, 5) is 27.0. The summed E-state index contributed by atoms with van der Waals surface area (Å²) in [6.45, 7) is 0.458. The third kappa shape index (κ3) is 3.89. The van der Waals surface area contributed by atoms with Gasteiger partial charge in [0, 0.05) is 30.6 Å². The molecule has 0 atom stereocenters. The summed E-state index contributed by atoms with van der Waals surface area (Å²) in [6, 6.07) is 14.2. The Morgan fingerprint density at radius 3 is 2.68 bits per heavy atom. The van der Waals surface area contributed by atoms with Gasteiger partial charge in [-0.3, -0.25) is 14.9 Å². The lowest BCUT2D eigenvalue weighted by molar-refractivity contribution is -0.384. The van der Waals surface area contributed by atoms with Gasteiger partial charge < -0.3 is 9.88 Å². The van der Waals surface area contributed by atoms with Gasteiger partial charge in [-0.2, -0.15) is 0 Å². The molecule has 2 aromatic carbocycles. The molecule has 0 fully saturated rings. The fourth-order valence-electron chi connectivity index (χ4n) is 2.50. The van der Waals surface area contributed by atoms with Crippen molar-refractivity contribution in [1.82, 2.24) is 14.9 Å². The number of aromatic nitrogens is 2. The number of carbonyl (C=O) groups is 1. The molecule has 1 heterocycles. The van der Waals surface area contributed by atoms with Crippen molar-refractivity contribution in [3.8, 4) is 5.69 Å². The van der Waals surface area contributed by atoms with Gasteiger partial charge >= 0.3 is 0 Å². The van der Waals surface area contributed by atoms with Gasteiger partial charge in [-0.25, -0.2) is 4.98 Å². The molecule has 3 rings (SSSR count). The summed E-state index contributed by atoms with van der Waals surface area (Å²) in [5.41, 5.74) is 1.59. The Hall–Kier alpha value is -3.48. The lowest BCUT2D eigenvalue weighted by Gasteiger charge is -2.08. The van der Waals surface area contributed by atoms with Gasteiger partial charge in [-0.1, -0.05) is 30.3 Å². The maximum atomic E-state index is 12.3. The maximum Gasteiger partial charge on any atom is 0.294 e. The van der Waals surface area contributed by atoms with Gasteiger partial charge in [0.25, 0.3) is 11.6 Å². The van der Waals surface area contributed by atoms with E-state index in [9.17, 15) is 14.9 Å².